The first-order valence-corrected chi connectivity index (χ1v) is 4.01. The summed E-state index contributed by atoms with van der Waals surface area (Å²) in [7, 11) is 0. The summed E-state index contributed by atoms with van der Waals surface area (Å²) < 4.78 is 0. The van der Waals surface area contributed by atoms with Gasteiger partial charge in [0.15, 0.2) is 0 Å². The Labute approximate surface area is 75.6 Å². The van der Waals surface area contributed by atoms with Crippen LogP contribution in [-0.4, -0.2) is 53.3 Å². The van der Waals surface area contributed by atoms with Crippen LogP contribution in [0.1, 0.15) is 6.92 Å². The minimum absolute atomic E-state index is 0.372. The van der Waals surface area contributed by atoms with Gasteiger partial charge in [-0.1, -0.05) is 0 Å². The first-order valence-electron chi connectivity index (χ1n) is 4.01. The lowest BCUT2D eigenvalue weighted by Crippen LogP contribution is -2.48. The van der Waals surface area contributed by atoms with Gasteiger partial charge in [0.1, 0.15) is 0 Å². The Bertz CT molecular complexity index is 211. The van der Waals surface area contributed by atoms with Crippen molar-refractivity contribution in [3.05, 3.63) is 0 Å². The smallest absolute Gasteiger partial charge is 0.407 e. The summed E-state index contributed by atoms with van der Waals surface area (Å²) >= 11 is 0. The van der Waals surface area contributed by atoms with Gasteiger partial charge in [-0.05, 0) is 0 Å². The quantitative estimate of drug-likeness (QED) is 0.615. The highest BCUT2D eigenvalue weighted by molar-refractivity contribution is 5.66. The van der Waals surface area contributed by atoms with E-state index < -0.39 is 6.09 Å². The molecule has 1 amide bonds. The van der Waals surface area contributed by atoms with E-state index in [4.69, 9.17) is 9.94 Å². The van der Waals surface area contributed by atoms with E-state index in [1.807, 2.05) is 0 Å². The second kappa shape index (κ2) is 4.08. The third-order valence-corrected chi connectivity index (χ3v) is 1.77. The SMILES string of the molecule is CC(=O)ON1CCN(C(=O)O)CC1. The third-order valence-electron chi connectivity index (χ3n) is 1.77. The first-order chi connectivity index (χ1) is 6.09. The lowest BCUT2D eigenvalue weighted by Gasteiger charge is -2.31. The van der Waals surface area contributed by atoms with Gasteiger partial charge in [0.25, 0.3) is 0 Å². The van der Waals surface area contributed by atoms with Crippen molar-refractivity contribution in [2.24, 2.45) is 0 Å². The molecule has 0 bridgehead atoms. The van der Waals surface area contributed by atoms with Crippen molar-refractivity contribution < 1.29 is 19.5 Å². The molecule has 6 heteroatoms. The number of rotatable bonds is 1. The number of hydrogen-bond donors (Lipinski definition) is 1. The zero-order valence-electron chi connectivity index (χ0n) is 7.39. The van der Waals surface area contributed by atoms with Gasteiger partial charge in [0.05, 0.1) is 13.1 Å². The van der Waals surface area contributed by atoms with Crippen LogP contribution in [0.2, 0.25) is 0 Å². The molecule has 0 aromatic heterocycles. The summed E-state index contributed by atoms with van der Waals surface area (Å²) in [5.74, 6) is -0.372. The molecule has 0 aromatic carbocycles. The number of hydroxylamine groups is 2. The molecule has 0 aromatic rings. The fraction of sp³-hybridized carbons (Fsp3) is 0.714. The Kier molecular flexibility index (Phi) is 3.07. The van der Waals surface area contributed by atoms with E-state index in [0.29, 0.717) is 26.2 Å². The molecule has 74 valence electrons. The molecule has 0 spiro atoms. The molecule has 1 heterocycles. The van der Waals surface area contributed by atoms with Crippen LogP contribution in [0.5, 0.6) is 0 Å². The molecule has 1 aliphatic heterocycles. The fourth-order valence-electron chi connectivity index (χ4n) is 1.15. The van der Waals surface area contributed by atoms with Crippen molar-refractivity contribution in [2.75, 3.05) is 26.2 Å². The largest absolute Gasteiger partial charge is 0.465 e. The van der Waals surface area contributed by atoms with Gasteiger partial charge in [0, 0.05) is 20.0 Å². The van der Waals surface area contributed by atoms with Gasteiger partial charge >= 0.3 is 12.1 Å². The molecule has 1 fully saturated rings. The zero-order valence-corrected chi connectivity index (χ0v) is 7.39. The van der Waals surface area contributed by atoms with Gasteiger partial charge in [-0.2, -0.15) is 0 Å². The van der Waals surface area contributed by atoms with Crippen LogP contribution in [-0.2, 0) is 9.63 Å². The standard InChI is InChI=1S/C7H12N2O4/c1-6(10)13-9-4-2-8(3-5-9)7(11)12/h2-5H2,1H3,(H,11,12). The Hall–Kier alpha value is -1.30. The Morgan fingerprint density at radius 3 is 2.15 bits per heavy atom. The van der Waals surface area contributed by atoms with Gasteiger partial charge < -0.3 is 14.8 Å². The number of amides is 1. The average Bonchev–Trinajstić information content (AvgIpc) is 2.04. The van der Waals surface area contributed by atoms with Crippen molar-refractivity contribution in [1.29, 1.82) is 0 Å². The molecule has 13 heavy (non-hydrogen) atoms. The molecule has 1 saturated heterocycles. The monoisotopic (exact) mass is 188 g/mol. The zero-order chi connectivity index (χ0) is 9.84. The van der Waals surface area contributed by atoms with E-state index in [-0.39, 0.29) is 5.97 Å². The minimum Gasteiger partial charge on any atom is -0.465 e. The van der Waals surface area contributed by atoms with E-state index in [0.717, 1.165) is 0 Å². The predicted octanol–water partition coefficient (Wildman–Crippen LogP) is -0.240. The molecule has 0 aliphatic carbocycles. The van der Waals surface area contributed by atoms with Gasteiger partial charge in [0.2, 0.25) is 0 Å². The molecule has 0 unspecified atom stereocenters. The van der Waals surface area contributed by atoms with E-state index in [1.54, 1.807) is 0 Å². The topological polar surface area (TPSA) is 70.1 Å². The van der Waals surface area contributed by atoms with Crippen molar-refractivity contribution in [2.45, 2.75) is 6.92 Å². The summed E-state index contributed by atoms with van der Waals surface area (Å²) in [6, 6.07) is 0. The summed E-state index contributed by atoms with van der Waals surface area (Å²) in [5.41, 5.74) is 0. The van der Waals surface area contributed by atoms with Crippen LogP contribution in [0.4, 0.5) is 4.79 Å². The van der Waals surface area contributed by atoms with Crippen LogP contribution in [0, 0.1) is 0 Å². The fourth-order valence-corrected chi connectivity index (χ4v) is 1.15. The van der Waals surface area contributed by atoms with Crippen molar-refractivity contribution >= 4 is 12.1 Å². The lowest BCUT2D eigenvalue weighted by atomic mass is 10.4. The third kappa shape index (κ3) is 2.90. The van der Waals surface area contributed by atoms with Crippen LogP contribution >= 0.6 is 0 Å². The van der Waals surface area contributed by atoms with Crippen LogP contribution in [0.25, 0.3) is 0 Å². The van der Waals surface area contributed by atoms with E-state index >= 15 is 0 Å². The molecule has 6 nitrogen and oxygen atoms in total. The van der Waals surface area contributed by atoms with Crippen molar-refractivity contribution in [1.82, 2.24) is 9.96 Å². The van der Waals surface area contributed by atoms with Crippen LogP contribution < -0.4 is 0 Å². The van der Waals surface area contributed by atoms with Crippen molar-refractivity contribution in [3.8, 4) is 0 Å². The van der Waals surface area contributed by atoms with E-state index in [1.165, 1.54) is 16.9 Å². The number of hydrogen-bond acceptors (Lipinski definition) is 4. The maximum atomic E-state index is 10.5. The average molecular weight is 188 g/mol. The summed E-state index contributed by atoms with van der Waals surface area (Å²) in [6.45, 7) is 2.95. The van der Waals surface area contributed by atoms with Gasteiger partial charge in [-0.15, -0.1) is 5.06 Å². The molecular formula is C7H12N2O4. The molecule has 0 radical (unpaired) electrons. The lowest BCUT2D eigenvalue weighted by molar-refractivity contribution is -0.193. The Balaban J connectivity index is 2.30. The number of nitrogens with zero attached hydrogens (tertiary/aromatic N) is 2. The highest BCUT2D eigenvalue weighted by Crippen LogP contribution is 2.02. The molecule has 0 atom stereocenters. The molecule has 1 rings (SSSR count). The number of carbonyl (C=O) groups is 2. The second-order valence-corrected chi connectivity index (χ2v) is 2.78. The molecule has 0 saturated carbocycles. The maximum Gasteiger partial charge on any atom is 0.407 e. The van der Waals surface area contributed by atoms with Crippen LogP contribution in [0.15, 0.2) is 0 Å². The van der Waals surface area contributed by atoms with Gasteiger partial charge in [-0.3, -0.25) is 4.79 Å². The number of carbonyl (C=O) groups excluding carboxylic acids is 1. The second-order valence-electron chi connectivity index (χ2n) is 2.78. The van der Waals surface area contributed by atoms with E-state index in [2.05, 4.69) is 0 Å². The molecule has 1 N–H and O–H groups in total. The molecular weight excluding hydrogens is 176 g/mol. The number of carboxylic acid groups (broad SMARTS) is 1. The summed E-state index contributed by atoms with van der Waals surface area (Å²) in [4.78, 5) is 27.1. The summed E-state index contributed by atoms with van der Waals surface area (Å²) in [6.07, 6.45) is -0.928. The maximum absolute atomic E-state index is 10.5. The van der Waals surface area contributed by atoms with Crippen LogP contribution in [0.3, 0.4) is 0 Å². The Morgan fingerprint density at radius 2 is 1.77 bits per heavy atom. The minimum atomic E-state index is -0.928. The van der Waals surface area contributed by atoms with Gasteiger partial charge in [-0.25, -0.2) is 4.79 Å². The molecule has 1 aliphatic rings. The first kappa shape index (κ1) is 9.79. The highest BCUT2D eigenvalue weighted by atomic mass is 16.7. The Morgan fingerprint density at radius 1 is 1.23 bits per heavy atom. The van der Waals surface area contributed by atoms with E-state index in [9.17, 15) is 9.59 Å². The normalized spacial score (nSPS) is 18.4. The predicted molar refractivity (Wildman–Crippen MR) is 42.9 cm³/mol. The number of piperazine rings is 1. The summed E-state index contributed by atoms with van der Waals surface area (Å²) in [5, 5.41) is 10.1. The highest BCUT2D eigenvalue weighted by Gasteiger charge is 2.21. The van der Waals surface area contributed by atoms with Crippen molar-refractivity contribution in [3.63, 3.8) is 0 Å².